The van der Waals surface area contributed by atoms with Crippen LogP contribution < -0.4 is 30.7 Å². The van der Waals surface area contributed by atoms with Crippen molar-refractivity contribution < 1.29 is 37.7 Å². The second-order valence-corrected chi connectivity index (χ2v) is 22.8. The summed E-state index contributed by atoms with van der Waals surface area (Å²) in [5.41, 5.74) is 12.1. The molecule has 4 fully saturated rings. The Bertz CT molecular complexity index is 3690. The maximum Gasteiger partial charge on any atom is 0.319 e. The fourth-order valence-electron chi connectivity index (χ4n) is 11.1. The molecule has 2 amide bonds. The minimum absolute atomic E-state index is 0.112. The number of nitrogens with two attached hydrogens (primary N) is 1. The van der Waals surface area contributed by atoms with Crippen molar-refractivity contribution in [3.8, 4) is 51.5 Å². The minimum Gasteiger partial charge on any atom is -0.486 e. The van der Waals surface area contributed by atoms with Gasteiger partial charge in [0.05, 0.1) is 53.4 Å². The Morgan fingerprint density at radius 2 is 1.83 bits per heavy atom. The number of halogens is 3. The van der Waals surface area contributed by atoms with E-state index in [-0.39, 0.29) is 64.3 Å². The van der Waals surface area contributed by atoms with Crippen molar-refractivity contribution in [1.29, 1.82) is 5.26 Å². The molecule has 22 heteroatoms. The maximum absolute atomic E-state index is 15.4. The molecule has 4 saturated heterocycles. The van der Waals surface area contributed by atoms with Crippen LogP contribution in [0.25, 0.3) is 54.6 Å². The fraction of sp³-hybridized carbons (Fsp3) is 0.367. The van der Waals surface area contributed by atoms with Gasteiger partial charge in [-0.15, -0.1) is 16.4 Å². The van der Waals surface area contributed by atoms with Crippen LogP contribution in [0.2, 0.25) is 5.02 Å². The number of hydrogen-bond donors (Lipinski definition) is 4. The van der Waals surface area contributed by atoms with Crippen molar-refractivity contribution in [2.75, 3.05) is 50.1 Å². The molecule has 4 aliphatic heterocycles. The van der Waals surface area contributed by atoms with Crippen LogP contribution in [0.1, 0.15) is 81.6 Å². The molecule has 0 saturated carbocycles. The van der Waals surface area contributed by atoms with Gasteiger partial charge in [0.15, 0.2) is 5.75 Å². The lowest BCUT2D eigenvalue weighted by Gasteiger charge is -2.30. The van der Waals surface area contributed by atoms with Crippen LogP contribution in [-0.2, 0) is 20.9 Å². The zero-order valence-corrected chi connectivity index (χ0v) is 47.0. The summed E-state index contributed by atoms with van der Waals surface area (Å²) >= 11 is 8.35. The van der Waals surface area contributed by atoms with Gasteiger partial charge in [-0.05, 0) is 73.1 Å². The zero-order chi connectivity index (χ0) is 57.2. The molecular weight excluding hydrogens is 1090 g/mol. The Hall–Kier alpha value is -7.87. The van der Waals surface area contributed by atoms with E-state index in [4.69, 9.17) is 41.5 Å². The average Bonchev–Trinajstić information content (AvgIpc) is 4.47. The van der Waals surface area contributed by atoms with Gasteiger partial charge < -0.3 is 45.5 Å². The number of ether oxygens (including phenoxy) is 3. The van der Waals surface area contributed by atoms with Gasteiger partial charge in [-0.1, -0.05) is 85.3 Å². The highest BCUT2D eigenvalue weighted by Gasteiger charge is 2.40. The summed E-state index contributed by atoms with van der Waals surface area (Å²) in [5.74, 6) is 0.326. The topological polar surface area (TPSA) is 232 Å². The number of fused-ring (bicyclic) bond motifs is 4. The number of thiophene rings is 1. The number of aromatic nitrogens is 6. The van der Waals surface area contributed by atoms with Crippen molar-refractivity contribution in [3.63, 3.8) is 0 Å². The highest BCUT2D eigenvalue weighted by Crippen LogP contribution is 2.50. The fourth-order valence-corrected chi connectivity index (χ4v) is 12.4. The van der Waals surface area contributed by atoms with Crippen LogP contribution in [0, 0.1) is 28.9 Å². The Labute approximate surface area is 481 Å². The summed E-state index contributed by atoms with van der Waals surface area (Å²) in [6, 6.07) is 24.7. The first-order valence-corrected chi connectivity index (χ1v) is 28.7. The predicted molar refractivity (Wildman–Crippen MR) is 309 cm³/mol. The van der Waals surface area contributed by atoms with E-state index < -0.39 is 23.7 Å². The molecule has 0 spiro atoms. The first kappa shape index (κ1) is 56.0. The average molecular weight is 1150 g/mol. The van der Waals surface area contributed by atoms with E-state index in [0.29, 0.717) is 93.9 Å². The number of rotatable bonds is 16. The molecular formula is C60H61ClF2N12O6S. The van der Waals surface area contributed by atoms with Crippen molar-refractivity contribution in [1.82, 2.24) is 45.5 Å². The molecule has 8 aromatic rings. The molecule has 18 nitrogen and oxygen atoms in total. The van der Waals surface area contributed by atoms with Crippen LogP contribution in [0.3, 0.4) is 0 Å². The quantitative estimate of drug-likeness (QED) is 0.0660. The van der Waals surface area contributed by atoms with Gasteiger partial charge in [-0.3, -0.25) is 14.6 Å². The number of carbonyl (C=O) groups is 2. The SMILES string of the molecule is CC(C)C(C)n1cc(-c2ccc(COc3c(-c4ccc(F)c5sc(N)c(C#N)c45)c(Cl)cc4c(N5CC6CC5CN6)nc(OC5CCOCC5)nc34)cc2)nn1.O=CN1CCCC1C(=O)NC(CO)c1ccc(-c2ncccc2F)cc1. The molecule has 2 bridgehead atoms. The minimum atomic E-state index is -0.598. The molecule has 4 aliphatic rings. The molecule has 5 atom stereocenters. The van der Waals surface area contributed by atoms with Crippen molar-refractivity contribution in [2.45, 2.75) is 95.8 Å². The lowest BCUT2D eigenvalue weighted by atomic mass is 9.96. The van der Waals surface area contributed by atoms with Crippen molar-refractivity contribution in [3.05, 3.63) is 125 Å². The number of hydrogen-bond acceptors (Lipinski definition) is 16. The number of pyridine rings is 1. The number of carbonyl (C=O) groups excluding carboxylic acids is 2. The number of nitrogen functional groups attached to an aromatic ring is 1. The van der Waals surface area contributed by atoms with Crippen LogP contribution in [0.5, 0.6) is 11.8 Å². The van der Waals surface area contributed by atoms with E-state index in [2.05, 4.69) is 57.7 Å². The Morgan fingerprint density at radius 3 is 2.52 bits per heavy atom. The van der Waals surface area contributed by atoms with Gasteiger partial charge >= 0.3 is 6.01 Å². The number of aliphatic hydroxyl groups is 1. The number of amides is 2. The Kier molecular flexibility index (Phi) is 16.6. The number of likely N-dealkylation sites (tertiary alicyclic amines) is 1. The molecule has 5 N–H and O–H groups in total. The number of benzene rings is 4. The van der Waals surface area contributed by atoms with Gasteiger partial charge in [0.25, 0.3) is 0 Å². The Morgan fingerprint density at radius 1 is 1.05 bits per heavy atom. The van der Waals surface area contributed by atoms with E-state index in [0.717, 1.165) is 72.7 Å². The van der Waals surface area contributed by atoms with Crippen molar-refractivity contribution >= 4 is 67.1 Å². The number of nitrogens with zero attached hydrogens (tertiary/aromatic N) is 9. The summed E-state index contributed by atoms with van der Waals surface area (Å²) in [4.78, 5) is 41.3. The second-order valence-electron chi connectivity index (χ2n) is 21.4. The third-order valence-electron chi connectivity index (χ3n) is 15.9. The molecule has 12 rings (SSSR count). The predicted octanol–water partition coefficient (Wildman–Crippen LogP) is 9.58. The Balaban J connectivity index is 0.000000227. The third kappa shape index (κ3) is 11.4. The number of piperazine rings is 1. The summed E-state index contributed by atoms with van der Waals surface area (Å²) in [6.07, 6.45) is 7.89. The molecule has 5 unspecified atom stereocenters. The number of nitriles is 1. The van der Waals surface area contributed by atoms with Crippen LogP contribution in [0.15, 0.2) is 91.3 Å². The highest BCUT2D eigenvalue weighted by atomic mass is 35.5. The molecule has 4 aromatic carbocycles. The molecule has 0 aliphatic carbocycles. The normalized spacial score (nSPS) is 18.6. The molecule has 4 aromatic heterocycles. The first-order valence-electron chi connectivity index (χ1n) is 27.5. The monoisotopic (exact) mass is 1150 g/mol. The van der Waals surface area contributed by atoms with Gasteiger partial charge in [0.2, 0.25) is 12.3 Å². The second kappa shape index (κ2) is 24.3. The molecule has 8 heterocycles. The van der Waals surface area contributed by atoms with E-state index in [1.54, 1.807) is 30.3 Å². The highest BCUT2D eigenvalue weighted by molar-refractivity contribution is 7.23. The standard InChI is InChI=1S/C41H41ClFN9O3S.C19H20FN3O3/c1-21(2)22(3)52-19-33(49-50-52)24-6-4-23(5-7-24)20-54-37-35(28-8-9-32(43)38-34(28)30(16-44)39(45)56-38)31(42)15-29-36(37)47-41(55-27-10-12-53-13-11-27)48-40(29)51-18-25-14-26(51)17-46-25;20-15-3-1-9-21-18(15)14-7-5-13(6-8-14)16(11-24)22-19(26)17-4-2-10-23(17)12-25/h4-9,15,19,21-22,25-27,46H,10-14,17-18,20,45H2,1-3H3;1,3,5-9,12,16-17,24H,2,4,10-11H2,(H,22,26). The van der Waals surface area contributed by atoms with Gasteiger partial charge in [0.1, 0.15) is 64.2 Å². The third-order valence-corrected chi connectivity index (χ3v) is 17.3. The molecule has 424 valence electrons. The summed E-state index contributed by atoms with van der Waals surface area (Å²) < 4.78 is 50.3. The van der Waals surface area contributed by atoms with E-state index in [1.165, 1.54) is 29.3 Å². The van der Waals surface area contributed by atoms with Gasteiger partial charge in [-0.2, -0.15) is 15.2 Å². The van der Waals surface area contributed by atoms with E-state index in [9.17, 15) is 24.3 Å². The van der Waals surface area contributed by atoms with Gasteiger partial charge in [0, 0.05) is 78.2 Å². The van der Waals surface area contributed by atoms with E-state index >= 15 is 4.39 Å². The van der Waals surface area contributed by atoms with Crippen molar-refractivity contribution in [2.24, 2.45) is 5.92 Å². The van der Waals surface area contributed by atoms with Gasteiger partial charge in [-0.25, -0.2) is 13.5 Å². The lowest BCUT2D eigenvalue weighted by molar-refractivity contribution is -0.131. The molecule has 82 heavy (non-hydrogen) atoms. The largest absolute Gasteiger partial charge is 0.486 e. The van der Waals surface area contributed by atoms with Crippen LogP contribution in [0.4, 0.5) is 19.6 Å². The smallest absolute Gasteiger partial charge is 0.319 e. The first-order chi connectivity index (χ1) is 39.8. The lowest BCUT2D eigenvalue weighted by Crippen LogP contribution is -2.44. The van der Waals surface area contributed by atoms with E-state index in [1.807, 2.05) is 41.2 Å². The molecule has 0 radical (unpaired) electrons. The number of nitrogens with one attached hydrogen (secondary N) is 2. The summed E-state index contributed by atoms with van der Waals surface area (Å²) in [5, 5.41) is 36.7. The zero-order valence-electron chi connectivity index (χ0n) is 45.4. The number of anilines is 2. The number of aliphatic hydroxyl groups excluding tert-OH is 1. The summed E-state index contributed by atoms with van der Waals surface area (Å²) in [7, 11) is 0. The summed E-state index contributed by atoms with van der Waals surface area (Å²) in [6.45, 7) is 9.69. The maximum atomic E-state index is 15.4. The van der Waals surface area contributed by atoms with Crippen LogP contribution in [-0.4, -0.2) is 116 Å². The van der Waals surface area contributed by atoms with Crippen LogP contribution >= 0.6 is 22.9 Å².